The first-order valence-electron chi connectivity index (χ1n) is 5.07. The molecule has 0 aromatic rings. The number of nitrogens with two attached hydrogens (primary N) is 1. The average molecular weight is 198 g/mol. The van der Waals surface area contributed by atoms with Crippen LogP contribution in [-0.4, -0.2) is 38.0 Å². The van der Waals surface area contributed by atoms with E-state index in [2.05, 4.69) is 42.2 Å². The molecule has 0 bridgehead atoms. The largest absolute Gasteiger partial charge is 0.371 e. The van der Waals surface area contributed by atoms with E-state index in [0.717, 1.165) is 25.3 Å². The van der Waals surface area contributed by atoms with Gasteiger partial charge in [-0.25, -0.2) is 0 Å². The predicted octanol–water partition coefficient (Wildman–Crippen LogP) is 0.766. The molecular formula is C10H22N4. The topological polar surface area (TPSA) is 53.6 Å². The Balaban J connectivity index is 3.98. The van der Waals surface area contributed by atoms with Gasteiger partial charge in [0.05, 0.1) is 13.3 Å². The summed E-state index contributed by atoms with van der Waals surface area (Å²) in [5.74, 6) is 0. The van der Waals surface area contributed by atoms with Gasteiger partial charge in [-0.2, -0.15) is 0 Å². The van der Waals surface area contributed by atoms with Crippen molar-refractivity contribution in [3.05, 3.63) is 11.8 Å². The van der Waals surface area contributed by atoms with E-state index in [1.54, 1.807) is 6.21 Å². The summed E-state index contributed by atoms with van der Waals surface area (Å²) in [5, 5.41) is 3.29. The van der Waals surface area contributed by atoms with Gasteiger partial charge in [0.2, 0.25) is 0 Å². The number of allylic oxidation sites excluding steroid dienone is 2. The Morgan fingerprint density at radius 1 is 1.50 bits per heavy atom. The highest BCUT2D eigenvalue weighted by Gasteiger charge is 1.94. The van der Waals surface area contributed by atoms with Gasteiger partial charge in [-0.1, -0.05) is 19.9 Å². The molecule has 0 aliphatic carbocycles. The van der Waals surface area contributed by atoms with Crippen LogP contribution in [-0.2, 0) is 0 Å². The molecule has 0 radical (unpaired) electrons. The lowest BCUT2D eigenvalue weighted by atomic mass is 10.3. The first kappa shape index (κ1) is 13.1. The maximum atomic E-state index is 5.29. The van der Waals surface area contributed by atoms with Gasteiger partial charge in [-0.15, -0.1) is 0 Å². The SMILES string of the molecule is CC/C=C(\C=N/CN)NCN(C)CC. The number of aliphatic imine (C=N–C) groups is 1. The van der Waals surface area contributed by atoms with Crippen molar-refractivity contribution in [1.29, 1.82) is 0 Å². The van der Waals surface area contributed by atoms with Crippen LogP contribution in [0.3, 0.4) is 0 Å². The van der Waals surface area contributed by atoms with Crippen LogP contribution in [0.25, 0.3) is 0 Å². The number of nitrogens with zero attached hydrogens (tertiary/aromatic N) is 2. The summed E-state index contributed by atoms with van der Waals surface area (Å²) in [6.07, 6.45) is 4.88. The highest BCUT2D eigenvalue weighted by Crippen LogP contribution is 1.89. The lowest BCUT2D eigenvalue weighted by Crippen LogP contribution is -2.30. The van der Waals surface area contributed by atoms with E-state index in [1.807, 2.05) is 0 Å². The molecule has 14 heavy (non-hydrogen) atoms. The summed E-state index contributed by atoms with van der Waals surface area (Å²) in [5.41, 5.74) is 6.33. The molecule has 0 spiro atoms. The average Bonchev–Trinajstić information content (AvgIpc) is 2.21. The van der Waals surface area contributed by atoms with Crippen LogP contribution >= 0.6 is 0 Å². The van der Waals surface area contributed by atoms with Crippen molar-refractivity contribution in [2.45, 2.75) is 20.3 Å². The lowest BCUT2D eigenvalue weighted by Gasteiger charge is -2.15. The second-order valence-corrected chi connectivity index (χ2v) is 3.07. The summed E-state index contributed by atoms with van der Waals surface area (Å²) in [6, 6.07) is 0. The van der Waals surface area contributed by atoms with Crippen LogP contribution in [0, 0.1) is 0 Å². The molecule has 0 heterocycles. The molecule has 0 rings (SSSR count). The summed E-state index contributed by atoms with van der Waals surface area (Å²) >= 11 is 0. The maximum absolute atomic E-state index is 5.29. The first-order chi connectivity index (χ1) is 6.74. The standard InChI is InChI=1S/C10H22N4/c1-4-6-10(7-12-8-11)13-9-14(3)5-2/h6-7,13H,4-5,8-9,11H2,1-3H3/b10-6+,12-7-. The summed E-state index contributed by atoms with van der Waals surface area (Å²) in [6.45, 7) is 6.42. The Hall–Kier alpha value is -0.870. The highest BCUT2D eigenvalue weighted by atomic mass is 15.2. The second kappa shape index (κ2) is 8.72. The van der Waals surface area contributed by atoms with E-state index in [-0.39, 0.29) is 0 Å². The zero-order valence-electron chi connectivity index (χ0n) is 9.45. The van der Waals surface area contributed by atoms with Crippen molar-refractivity contribution in [1.82, 2.24) is 10.2 Å². The summed E-state index contributed by atoms with van der Waals surface area (Å²) in [4.78, 5) is 6.18. The smallest absolute Gasteiger partial charge is 0.0860 e. The molecular weight excluding hydrogens is 176 g/mol. The Morgan fingerprint density at radius 3 is 2.71 bits per heavy atom. The van der Waals surface area contributed by atoms with E-state index in [4.69, 9.17) is 5.73 Å². The van der Waals surface area contributed by atoms with Crippen LogP contribution in [0.15, 0.2) is 16.8 Å². The zero-order chi connectivity index (χ0) is 10.8. The molecule has 0 saturated carbocycles. The van der Waals surface area contributed by atoms with Crippen LogP contribution in [0.5, 0.6) is 0 Å². The molecule has 0 saturated heterocycles. The Morgan fingerprint density at radius 2 is 2.21 bits per heavy atom. The molecule has 0 aromatic carbocycles. The number of rotatable bonds is 7. The number of hydrogen-bond donors (Lipinski definition) is 2. The second-order valence-electron chi connectivity index (χ2n) is 3.07. The van der Waals surface area contributed by atoms with Crippen molar-refractivity contribution in [2.24, 2.45) is 10.7 Å². The van der Waals surface area contributed by atoms with E-state index in [9.17, 15) is 0 Å². The fourth-order valence-electron chi connectivity index (χ4n) is 0.880. The number of hydrogen-bond acceptors (Lipinski definition) is 4. The maximum Gasteiger partial charge on any atom is 0.0860 e. The Kier molecular flexibility index (Phi) is 8.17. The van der Waals surface area contributed by atoms with Crippen molar-refractivity contribution >= 4 is 6.21 Å². The van der Waals surface area contributed by atoms with Gasteiger partial charge in [0.15, 0.2) is 0 Å². The van der Waals surface area contributed by atoms with Gasteiger partial charge in [0.1, 0.15) is 0 Å². The van der Waals surface area contributed by atoms with Gasteiger partial charge in [-0.3, -0.25) is 9.89 Å². The Labute approximate surface area is 86.9 Å². The third-order valence-corrected chi connectivity index (χ3v) is 1.85. The van der Waals surface area contributed by atoms with Gasteiger partial charge in [0.25, 0.3) is 0 Å². The molecule has 0 unspecified atom stereocenters. The molecule has 0 fully saturated rings. The lowest BCUT2D eigenvalue weighted by molar-refractivity contribution is 0.338. The van der Waals surface area contributed by atoms with Crippen molar-refractivity contribution in [3.63, 3.8) is 0 Å². The van der Waals surface area contributed by atoms with Crippen molar-refractivity contribution < 1.29 is 0 Å². The molecule has 3 N–H and O–H groups in total. The van der Waals surface area contributed by atoms with Crippen LogP contribution < -0.4 is 11.1 Å². The van der Waals surface area contributed by atoms with Gasteiger partial charge in [-0.05, 0) is 20.0 Å². The van der Waals surface area contributed by atoms with Gasteiger partial charge < -0.3 is 11.1 Å². The van der Waals surface area contributed by atoms with E-state index >= 15 is 0 Å². The van der Waals surface area contributed by atoms with Gasteiger partial charge >= 0.3 is 0 Å². The molecule has 82 valence electrons. The summed E-state index contributed by atoms with van der Waals surface area (Å²) < 4.78 is 0. The monoisotopic (exact) mass is 198 g/mol. The normalized spacial score (nSPS) is 12.8. The summed E-state index contributed by atoms with van der Waals surface area (Å²) in [7, 11) is 2.07. The third kappa shape index (κ3) is 6.62. The van der Waals surface area contributed by atoms with E-state index < -0.39 is 0 Å². The Bertz CT molecular complexity index is 187. The number of nitrogens with one attached hydrogen (secondary N) is 1. The molecule has 4 nitrogen and oxygen atoms in total. The van der Waals surface area contributed by atoms with Gasteiger partial charge in [0, 0.05) is 11.9 Å². The van der Waals surface area contributed by atoms with Crippen molar-refractivity contribution in [2.75, 3.05) is 26.9 Å². The molecule has 0 aliphatic heterocycles. The first-order valence-corrected chi connectivity index (χ1v) is 5.07. The fourth-order valence-corrected chi connectivity index (χ4v) is 0.880. The molecule has 0 aromatic heterocycles. The zero-order valence-corrected chi connectivity index (χ0v) is 9.45. The van der Waals surface area contributed by atoms with Crippen LogP contribution in [0.2, 0.25) is 0 Å². The van der Waals surface area contributed by atoms with E-state index in [0.29, 0.717) is 6.67 Å². The fraction of sp³-hybridized carbons (Fsp3) is 0.700. The quantitative estimate of drug-likeness (QED) is 0.469. The van der Waals surface area contributed by atoms with Crippen LogP contribution in [0.4, 0.5) is 0 Å². The molecule has 4 heteroatoms. The van der Waals surface area contributed by atoms with Crippen LogP contribution in [0.1, 0.15) is 20.3 Å². The molecule has 0 amide bonds. The third-order valence-electron chi connectivity index (χ3n) is 1.85. The van der Waals surface area contributed by atoms with Crippen molar-refractivity contribution in [3.8, 4) is 0 Å². The minimum atomic E-state index is 0.340. The predicted molar refractivity (Wildman–Crippen MR) is 62.2 cm³/mol. The van der Waals surface area contributed by atoms with E-state index in [1.165, 1.54) is 0 Å². The highest BCUT2D eigenvalue weighted by molar-refractivity contribution is 5.77. The molecule has 0 aliphatic rings. The minimum Gasteiger partial charge on any atom is -0.371 e. The minimum absolute atomic E-state index is 0.340. The molecule has 0 atom stereocenters.